The third-order valence-electron chi connectivity index (χ3n) is 11.7. The van der Waals surface area contributed by atoms with Crippen LogP contribution in [0.2, 0.25) is 0 Å². The summed E-state index contributed by atoms with van der Waals surface area (Å²) in [5.74, 6) is -0.959. The van der Waals surface area contributed by atoms with Gasteiger partial charge in [-0.3, -0.25) is 14.4 Å². The van der Waals surface area contributed by atoms with Crippen LogP contribution in [0.15, 0.2) is 72.9 Å². The molecule has 6 heteroatoms. The van der Waals surface area contributed by atoms with Crippen LogP contribution >= 0.6 is 0 Å². The van der Waals surface area contributed by atoms with Crippen LogP contribution in [0.25, 0.3) is 0 Å². The van der Waals surface area contributed by atoms with E-state index < -0.39 is 6.10 Å². The first-order chi connectivity index (χ1) is 32.0. The molecule has 0 N–H and O–H groups in total. The summed E-state index contributed by atoms with van der Waals surface area (Å²) in [6.07, 6.45) is 67.4. The summed E-state index contributed by atoms with van der Waals surface area (Å²) in [4.78, 5) is 38.0. The van der Waals surface area contributed by atoms with Crippen molar-refractivity contribution in [3.63, 3.8) is 0 Å². The quantitative estimate of drug-likeness (QED) is 0.0262. The predicted molar refractivity (Wildman–Crippen MR) is 279 cm³/mol. The average molecular weight is 907 g/mol. The molecule has 0 unspecified atom stereocenters. The highest BCUT2D eigenvalue weighted by atomic mass is 16.6. The second-order valence-corrected chi connectivity index (χ2v) is 18.1. The molecule has 0 saturated heterocycles. The molecule has 0 rings (SSSR count). The number of rotatable bonds is 49. The van der Waals surface area contributed by atoms with E-state index in [1.165, 1.54) is 154 Å². The van der Waals surface area contributed by atoms with Crippen molar-refractivity contribution in [2.45, 2.75) is 271 Å². The molecular formula is C59H102O6. The zero-order valence-corrected chi connectivity index (χ0v) is 42.7. The summed E-state index contributed by atoms with van der Waals surface area (Å²) in [7, 11) is 0. The van der Waals surface area contributed by atoms with Crippen LogP contribution in [0.1, 0.15) is 265 Å². The van der Waals surface area contributed by atoms with E-state index in [1.807, 2.05) is 0 Å². The molecule has 0 heterocycles. The number of carbonyl (C=O) groups is 3. The van der Waals surface area contributed by atoms with Gasteiger partial charge in [-0.15, -0.1) is 0 Å². The molecule has 0 aliphatic heterocycles. The molecule has 0 aromatic heterocycles. The molecule has 374 valence electrons. The molecule has 6 nitrogen and oxygen atoms in total. The Kier molecular flexibility index (Phi) is 50.9. The van der Waals surface area contributed by atoms with Gasteiger partial charge in [0.2, 0.25) is 0 Å². The van der Waals surface area contributed by atoms with Crippen LogP contribution in [0.4, 0.5) is 0 Å². The van der Waals surface area contributed by atoms with Crippen molar-refractivity contribution in [1.82, 2.24) is 0 Å². The van der Waals surface area contributed by atoms with Crippen molar-refractivity contribution in [3.05, 3.63) is 72.9 Å². The lowest BCUT2D eigenvalue weighted by molar-refractivity contribution is -0.167. The maximum atomic E-state index is 12.8. The predicted octanol–water partition coefficient (Wildman–Crippen LogP) is 18.2. The fraction of sp³-hybridized carbons (Fsp3) is 0.746. The number of esters is 3. The highest BCUT2D eigenvalue weighted by Crippen LogP contribution is 2.14. The van der Waals surface area contributed by atoms with Gasteiger partial charge in [0.1, 0.15) is 13.2 Å². The van der Waals surface area contributed by atoms with Gasteiger partial charge in [-0.25, -0.2) is 0 Å². The molecule has 0 bridgehead atoms. The van der Waals surface area contributed by atoms with E-state index in [0.717, 1.165) is 64.2 Å². The normalized spacial score (nSPS) is 12.6. The highest BCUT2D eigenvalue weighted by Gasteiger charge is 2.19. The van der Waals surface area contributed by atoms with Gasteiger partial charge in [0, 0.05) is 19.3 Å². The lowest BCUT2D eigenvalue weighted by Crippen LogP contribution is -2.30. The average Bonchev–Trinajstić information content (AvgIpc) is 3.30. The minimum Gasteiger partial charge on any atom is -0.462 e. The maximum absolute atomic E-state index is 12.8. The number of unbranched alkanes of at least 4 members (excludes halogenated alkanes) is 26. The standard InChI is InChI=1S/C59H102O6/c1-4-7-10-13-16-19-22-25-28-29-32-34-37-40-43-46-49-52-58(61)64-55-56(65-59(62)53-50-47-44-41-38-35-31-27-24-21-18-15-12-9-6-3)54-63-57(60)51-48-45-42-39-36-33-30-26-23-20-17-14-11-8-5-2/h16,19-21,23-25,28,32,34,40,43,56H,4-15,17-18,22,26-27,29-31,33,35-39,41-42,44-55H2,1-3H3/b19-16+,23-20+,24-21+,28-25+,34-32+,43-40+/t56-/m1/s1. The Bertz CT molecular complexity index is 1230. The van der Waals surface area contributed by atoms with E-state index >= 15 is 0 Å². The molecule has 0 aliphatic carbocycles. The van der Waals surface area contributed by atoms with E-state index in [1.54, 1.807) is 0 Å². The zero-order chi connectivity index (χ0) is 47.2. The summed E-state index contributed by atoms with van der Waals surface area (Å²) >= 11 is 0. The molecule has 0 aliphatic rings. The molecule has 1 atom stereocenters. The van der Waals surface area contributed by atoms with Gasteiger partial charge in [-0.05, 0) is 109 Å². The first kappa shape index (κ1) is 61.9. The Morgan fingerprint density at radius 1 is 0.308 bits per heavy atom. The molecule has 0 saturated carbocycles. The van der Waals surface area contributed by atoms with Crippen LogP contribution in [0, 0.1) is 0 Å². The second kappa shape index (κ2) is 53.5. The third kappa shape index (κ3) is 51.7. The molecule has 0 radical (unpaired) electrons. The van der Waals surface area contributed by atoms with Gasteiger partial charge in [0.05, 0.1) is 0 Å². The molecule has 65 heavy (non-hydrogen) atoms. The van der Waals surface area contributed by atoms with E-state index in [-0.39, 0.29) is 37.5 Å². The lowest BCUT2D eigenvalue weighted by Gasteiger charge is -2.18. The molecule has 0 spiro atoms. The van der Waals surface area contributed by atoms with Crippen molar-refractivity contribution in [3.8, 4) is 0 Å². The number of carbonyl (C=O) groups excluding carboxylic acids is 3. The van der Waals surface area contributed by atoms with Crippen LogP contribution in [0.5, 0.6) is 0 Å². The van der Waals surface area contributed by atoms with Crippen LogP contribution < -0.4 is 0 Å². The van der Waals surface area contributed by atoms with E-state index in [9.17, 15) is 14.4 Å². The summed E-state index contributed by atoms with van der Waals surface area (Å²) in [5.41, 5.74) is 0. The monoisotopic (exact) mass is 907 g/mol. The molecule has 0 fully saturated rings. The smallest absolute Gasteiger partial charge is 0.306 e. The Hall–Kier alpha value is -3.15. The van der Waals surface area contributed by atoms with Crippen molar-refractivity contribution >= 4 is 17.9 Å². The van der Waals surface area contributed by atoms with Gasteiger partial charge in [0.25, 0.3) is 0 Å². The fourth-order valence-corrected chi connectivity index (χ4v) is 7.48. The summed E-state index contributed by atoms with van der Waals surface area (Å²) in [6, 6.07) is 0. The Morgan fingerprint density at radius 3 is 0.969 bits per heavy atom. The van der Waals surface area contributed by atoms with Gasteiger partial charge >= 0.3 is 17.9 Å². The van der Waals surface area contributed by atoms with Crippen LogP contribution in [0.3, 0.4) is 0 Å². The zero-order valence-electron chi connectivity index (χ0n) is 42.7. The number of allylic oxidation sites excluding steroid dienone is 12. The van der Waals surface area contributed by atoms with Gasteiger partial charge < -0.3 is 14.2 Å². The fourth-order valence-electron chi connectivity index (χ4n) is 7.48. The maximum Gasteiger partial charge on any atom is 0.306 e. The first-order valence-electron chi connectivity index (χ1n) is 27.4. The third-order valence-corrected chi connectivity index (χ3v) is 11.7. The number of hydrogen-bond donors (Lipinski definition) is 0. The number of hydrogen-bond acceptors (Lipinski definition) is 6. The van der Waals surface area contributed by atoms with E-state index in [4.69, 9.17) is 14.2 Å². The van der Waals surface area contributed by atoms with Gasteiger partial charge in [-0.2, -0.15) is 0 Å². The molecule has 0 aromatic rings. The minimum absolute atomic E-state index is 0.0959. The van der Waals surface area contributed by atoms with E-state index in [0.29, 0.717) is 19.3 Å². The topological polar surface area (TPSA) is 78.9 Å². The molecule has 0 amide bonds. The van der Waals surface area contributed by atoms with Crippen molar-refractivity contribution in [2.75, 3.05) is 13.2 Å². The molecule has 0 aromatic carbocycles. The second-order valence-electron chi connectivity index (χ2n) is 18.1. The van der Waals surface area contributed by atoms with Crippen molar-refractivity contribution in [1.29, 1.82) is 0 Å². The summed E-state index contributed by atoms with van der Waals surface area (Å²) < 4.78 is 16.8. The first-order valence-corrected chi connectivity index (χ1v) is 27.4. The summed E-state index contributed by atoms with van der Waals surface area (Å²) in [5, 5.41) is 0. The largest absolute Gasteiger partial charge is 0.462 e. The molecular weight excluding hydrogens is 805 g/mol. The highest BCUT2D eigenvalue weighted by molar-refractivity contribution is 5.71. The van der Waals surface area contributed by atoms with Crippen molar-refractivity contribution in [2.24, 2.45) is 0 Å². The Morgan fingerprint density at radius 2 is 0.569 bits per heavy atom. The lowest BCUT2D eigenvalue weighted by atomic mass is 10.1. The van der Waals surface area contributed by atoms with Gasteiger partial charge in [0.15, 0.2) is 6.10 Å². The SMILES string of the molecule is CCCCC/C=C/C/C=C/C/C=C/C/C=C/CCCC(=O)OC[C@@H](COC(=O)CCCCCCCCC/C=C/CCCCCC)OC(=O)CCCCCCCCC/C=C/CCCCCC. The van der Waals surface area contributed by atoms with Gasteiger partial charge in [-0.1, -0.05) is 209 Å². The Balaban J connectivity index is 4.47. The Labute approximate surface area is 402 Å². The van der Waals surface area contributed by atoms with Crippen LogP contribution in [-0.4, -0.2) is 37.2 Å². The van der Waals surface area contributed by atoms with Crippen LogP contribution in [-0.2, 0) is 28.6 Å². The van der Waals surface area contributed by atoms with E-state index in [2.05, 4.69) is 93.7 Å². The van der Waals surface area contributed by atoms with Crippen molar-refractivity contribution < 1.29 is 28.6 Å². The number of ether oxygens (including phenoxy) is 3. The summed E-state index contributed by atoms with van der Waals surface area (Å²) in [6.45, 7) is 6.54. The minimum atomic E-state index is -0.801.